The van der Waals surface area contributed by atoms with Gasteiger partial charge in [0.15, 0.2) is 5.13 Å². The lowest BCUT2D eigenvalue weighted by Crippen LogP contribution is -2.00. The molecule has 0 amide bonds. The molecule has 0 aliphatic carbocycles. The van der Waals surface area contributed by atoms with Crippen molar-refractivity contribution in [3.8, 4) is 0 Å². The van der Waals surface area contributed by atoms with Gasteiger partial charge in [0.25, 0.3) is 0 Å². The minimum atomic E-state index is -0.862. The van der Waals surface area contributed by atoms with Crippen LogP contribution in [0.25, 0.3) is 0 Å². The molecule has 2 N–H and O–H groups in total. The molecular weight excluding hydrogens is 260 g/mol. The van der Waals surface area contributed by atoms with Crippen molar-refractivity contribution in [3.63, 3.8) is 0 Å². The highest BCUT2D eigenvalue weighted by Crippen LogP contribution is 2.24. The molecule has 100 valence electrons. The van der Waals surface area contributed by atoms with Gasteiger partial charge in [-0.25, -0.2) is 4.98 Å². The van der Waals surface area contributed by atoms with Crippen molar-refractivity contribution < 1.29 is 9.90 Å². The van der Waals surface area contributed by atoms with Crippen LogP contribution in [-0.2, 0) is 11.2 Å². The quantitative estimate of drug-likeness (QED) is 0.875. The number of carbonyl (C=O) groups is 1. The Bertz CT molecular complexity index is 578. The van der Waals surface area contributed by atoms with Gasteiger partial charge in [-0.05, 0) is 23.6 Å². The van der Waals surface area contributed by atoms with E-state index in [0.29, 0.717) is 11.6 Å². The number of nitrogens with one attached hydrogen (secondary N) is 1. The molecule has 0 aliphatic heterocycles. The lowest BCUT2D eigenvalue weighted by Gasteiger charge is -2.08. The van der Waals surface area contributed by atoms with Crippen LogP contribution in [0.3, 0.4) is 0 Å². The summed E-state index contributed by atoms with van der Waals surface area (Å²) in [6.45, 7) is 4.29. The Morgan fingerprint density at radius 2 is 2.26 bits per heavy atom. The number of hydrogen-bond acceptors (Lipinski definition) is 4. The summed E-state index contributed by atoms with van der Waals surface area (Å²) in [5.41, 5.74) is 2.81. The zero-order valence-electron chi connectivity index (χ0n) is 10.9. The summed E-state index contributed by atoms with van der Waals surface area (Å²) in [5.74, 6) is -0.390. The van der Waals surface area contributed by atoms with Crippen LogP contribution in [0.5, 0.6) is 0 Å². The van der Waals surface area contributed by atoms with Gasteiger partial charge in [-0.15, -0.1) is 11.3 Å². The smallest absolute Gasteiger partial charge is 0.309 e. The van der Waals surface area contributed by atoms with Crippen LogP contribution < -0.4 is 5.32 Å². The molecule has 4 nitrogen and oxygen atoms in total. The highest BCUT2D eigenvalue weighted by molar-refractivity contribution is 7.13. The molecule has 0 atom stereocenters. The van der Waals surface area contributed by atoms with E-state index in [4.69, 9.17) is 5.11 Å². The third kappa shape index (κ3) is 3.79. The predicted molar refractivity (Wildman–Crippen MR) is 77.3 cm³/mol. The van der Waals surface area contributed by atoms with Gasteiger partial charge in [-0.2, -0.15) is 0 Å². The molecule has 0 aliphatic rings. The van der Waals surface area contributed by atoms with Crippen LogP contribution in [0.2, 0.25) is 0 Å². The Morgan fingerprint density at radius 3 is 2.95 bits per heavy atom. The van der Waals surface area contributed by atoms with Crippen LogP contribution in [0.4, 0.5) is 10.8 Å². The summed E-state index contributed by atoms with van der Waals surface area (Å²) >= 11 is 1.42. The normalized spacial score (nSPS) is 10.7. The number of thiazole rings is 1. The standard InChI is InChI=1S/C14H16N2O2S/c1-9(2)10-4-3-5-11(6-10)15-14-16-12(8-19-14)7-13(17)18/h3-6,8-9H,7H2,1-2H3,(H,15,16)(H,17,18). The second kappa shape index (κ2) is 5.84. The van der Waals surface area contributed by atoms with E-state index in [1.807, 2.05) is 12.1 Å². The van der Waals surface area contributed by atoms with Crippen LogP contribution in [0.15, 0.2) is 29.6 Å². The lowest BCUT2D eigenvalue weighted by atomic mass is 10.0. The highest BCUT2D eigenvalue weighted by Gasteiger charge is 2.07. The molecule has 19 heavy (non-hydrogen) atoms. The molecule has 2 rings (SSSR count). The van der Waals surface area contributed by atoms with Crippen LogP contribution in [-0.4, -0.2) is 16.1 Å². The maximum atomic E-state index is 10.6. The maximum Gasteiger partial charge on any atom is 0.309 e. The molecule has 0 spiro atoms. The van der Waals surface area contributed by atoms with Gasteiger partial charge < -0.3 is 10.4 Å². The molecule has 5 heteroatoms. The van der Waals surface area contributed by atoms with Gasteiger partial charge in [-0.1, -0.05) is 26.0 Å². The van der Waals surface area contributed by atoms with Crippen molar-refractivity contribution in [2.45, 2.75) is 26.2 Å². The van der Waals surface area contributed by atoms with Gasteiger partial charge in [-0.3, -0.25) is 4.79 Å². The average Bonchev–Trinajstić information content (AvgIpc) is 2.76. The number of carboxylic acid groups (broad SMARTS) is 1. The molecule has 0 unspecified atom stereocenters. The molecule has 0 fully saturated rings. The molecule has 1 aromatic carbocycles. The minimum absolute atomic E-state index is 0.0375. The van der Waals surface area contributed by atoms with Crippen molar-refractivity contribution in [2.24, 2.45) is 0 Å². The van der Waals surface area contributed by atoms with E-state index >= 15 is 0 Å². The first-order valence-electron chi connectivity index (χ1n) is 6.08. The number of anilines is 2. The van der Waals surface area contributed by atoms with Crippen molar-refractivity contribution in [2.75, 3.05) is 5.32 Å². The summed E-state index contributed by atoms with van der Waals surface area (Å²) in [6, 6.07) is 8.16. The molecule has 2 aromatic rings. The zero-order valence-corrected chi connectivity index (χ0v) is 11.7. The van der Waals surface area contributed by atoms with E-state index in [2.05, 4.69) is 36.3 Å². The summed E-state index contributed by atoms with van der Waals surface area (Å²) in [6.07, 6.45) is -0.0375. The van der Waals surface area contributed by atoms with Crippen molar-refractivity contribution >= 4 is 28.1 Å². The Balaban J connectivity index is 2.10. The Hall–Kier alpha value is -1.88. The van der Waals surface area contributed by atoms with E-state index in [9.17, 15) is 4.79 Å². The fourth-order valence-corrected chi connectivity index (χ4v) is 2.43. The van der Waals surface area contributed by atoms with Gasteiger partial charge >= 0.3 is 5.97 Å². The van der Waals surface area contributed by atoms with E-state index in [1.165, 1.54) is 16.9 Å². The number of aliphatic carboxylic acids is 1. The topological polar surface area (TPSA) is 62.2 Å². The summed E-state index contributed by atoms with van der Waals surface area (Å²) in [4.78, 5) is 14.8. The number of hydrogen-bond donors (Lipinski definition) is 2. The van der Waals surface area contributed by atoms with E-state index in [-0.39, 0.29) is 6.42 Å². The van der Waals surface area contributed by atoms with Gasteiger partial charge in [0.2, 0.25) is 0 Å². The number of rotatable bonds is 5. The Kier molecular flexibility index (Phi) is 4.16. The Morgan fingerprint density at radius 1 is 1.47 bits per heavy atom. The third-order valence-electron chi connectivity index (χ3n) is 2.69. The lowest BCUT2D eigenvalue weighted by molar-refractivity contribution is -0.136. The molecule has 0 saturated heterocycles. The van der Waals surface area contributed by atoms with Crippen LogP contribution in [0.1, 0.15) is 31.0 Å². The molecule has 0 saturated carbocycles. The van der Waals surface area contributed by atoms with Gasteiger partial charge in [0.1, 0.15) is 0 Å². The summed E-state index contributed by atoms with van der Waals surface area (Å²) < 4.78 is 0. The van der Waals surface area contributed by atoms with Crippen molar-refractivity contribution in [1.29, 1.82) is 0 Å². The number of carboxylic acids is 1. The maximum absolute atomic E-state index is 10.6. The van der Waals surface area contributed by atoms with E-state index < -0.39 is 5.97 Å². The molecule has 1 heterocycles. The first-order valence-corrected chi connectivity index (χ1v) is 6.95. The molecule has 1 aromatic heterocycles. The molecule has 0 radical (unpaired) electrons. The monoisotopic (exact) mass is 276 g/mol. The SMILES string of the molecule is CC(C)c1cccc(Nc2nc(CC(=O)O)cs2)c1. The zero-order chi connectivity index (χ0) is 13.8. The molecular formula is C14H16N2O2S. The summed E-state index contributed by atoms with van der Waals surface area (Å²) in [5, 5.41) is 14.4. The predicted octanol–water partition coefficient (Wildman–Crippen LogP) is 3.64. The largest absolute Gasteiger partial charge is 0.481 e. The van der Waals surface area contributed by atoms with Gasteiger partial charge in [0.05, 0.1) is 12.1 Å². The fourth-order valence-electron chi connectivity index (χ4n) is 1.70. The first-order chi connectivity index (χ1) is 9.04. The third-order valence-corrected chi connectivity index (χ3v) is 3.50. The molecule has 0 bridgehead atoms. The second-order valence-electron chi connectivity index (χ2n) is 4.62. The van der Waals surface area contributed by atoms with Crippen molar-refractivity contribution in [1.82, 2.24) is 4.98 Å². The number of benzene rings is 1. The van der Waals surface area contributed by atoms with E-state index in [1.54, 1.807) is 5.38 Å². The second-order valence-corrected chi connectivity index (χ2v) is 5.48. The van der Waals surface area contributed by atoms with Crippen LogP contribution >= 0.6 is 11.3 Å². The average molecular weight is 276 g/mol. The fraction of sp³-hybridized carbons (Fsp3) is 0.286. The minimum Gasteiger partial charge on any atom is -0.481 e. The summed E-state index contributed by atoms with van der Waals surface area (Å²) in [7, 11) is 0. The number of nitrogens with zero attached hydrogens (tertiary/aromatic N) is 1. The first kappa shape index (κ1) is 13.5. The number of aromatic nitrogens is 1. The van der Waals surface area contributed by atoms with Gasteiger partial charge in [0, 0.05) is 11.1 Å². The Labute approximate surface area is 116 Å². The van der Waals surface area contributed by atoms with Crippen molar-refractivity contribution in [3.05, 3.63) is 40.9 Å². The highest BCUT2D eigenvalue weighted by atomic mass is 32.1. The van der Waals surface area contributed by atoms with Crippen LogP contribution in [0, 0.1) is 0 Å². The van der Waals surface area contributed by atoms with E-state index in [0.717, 1.165) is 10.8 Å².